The second-order valence-electron chi connectivity index (χ2n) is 4.25. The fourth-order valence-electron chi connectivity index (χ4n) is 1.75. The number of carbonyl (C=O) groups excluding carboxylic acids is 1. The van der Waals surface area contributed by atoms with Crippen LogP contribution in [0.5, 0.6) is 0 Å². The molecule has 1 amide bonds. The summed E-state index contributed by atoms with van der Waals surface area (Å²) in [5, 5.41) is 6.91. The van der Waals surface area contributed by atoms with Crippen LogP contribution in [0, 0.1) is 13.8 Å². The predicted molar refractivity (Wildman–Crippen MR) is 74.8 cm³/mol. The summed E-state index contributed by atoms with van der Waals surface area (Å²) in [4.78, 5) is 11.9. The molecule has 5 heteroatoms. The van der Waals surface area contributed by atoms with Crippen molar-refractivity contribution in [2.45, 2.75) is 13.8 Å². The molecule has 0 fully saturated rings. The first-order valence-corrected chi connectivity index (χ1v) is 6.34. The second kappa shape index (κ2) is 4.94. The van der Waals surface area contributed by atoms with Gasteiger partial charge in [0.1, 0.15) is 0 Å². The van der Waals surface area contributed by atoms with E-state index >= 15 is 0 Å². The van der Waals surface area contributed by atoms with E-state index in [9.17, 15) is 4.79 Å². The molecule has 1 N–H and O–H groups in total. The SMILES string of the molecule is Cc1cc(NC(=O)c2ccn(C)n2)cc(C)c1Br. The number of nitrogens with one attached hydrogen (secondary N) is 1. The molecule has 4 nitrogen and oxygen atoms in total. The van der Waals surface area contributed by atoms with Crippen LogP contribution >= 0.6 is 15.9 Å². The van der Waals surface area contributed by atoms with Crippen LogP contribution in [-0.4, -0.2) is 15.7 Å². The largest absolute Gasteiger partial charge is 0.321 e. The van der Waals surface area contributed by atoms with Crippen molar-refractivity contribution < 1.29 is 4.79 Å². The second-order valence-corrected chi connectivity index (χ2v) is 5.05. The van der Waals surface area contributed by atoms with Gasteiger partial charge in [0.2, 0.25) is 0 Å². The molecule has 94 valence electrons. The monoisotopic (exact) mass is 307 g/mol. The summed E-state index contributed by atoms with van der Waals surface area (Å²) in [5.41, 5.74) is 3.37. The minimum atomic E-state index is -0.197. The topological polar surface area (TPSA) is 46.9 Å². The van der Waals surface area contributed by atoms with Crippen molar-refractivity contribution in [3.8, 4) is 0 Å². The van der Waals surface area contributed by atoms with Crippen LogP contribution in [-0.2, 0) is 7.05 Å². The van der Waals surface area contributed by atoms with E-state index in [0.717, 1.165) is 21.3 Å². The van der Waals surface area contributed by atoms with Gasteiger partial charge in [0.05, 0.1) is 0 Å². The average molecular weight is 308 g/mol. The Balaban J connectivity index is 2.22. The molecule has 0 spiro atoms. The van der Waals surface area contributed by atoms with E-state index in [0.29, 0.717) is 5.69 Å². The van der Waals surface area contributed by atoms with Crippen LogP contribution in [0.1, 0.15) is 21.6 Å². The Morgan fingerprint density at radius 2 is 1.94 bits per heavy atom. The number of aryl methyl sites for hydroxylation is 3. The van der Waals surface area contributed by atoms with E-state index in [1.54, 1.807) is 24.0 Å². The summed E-state index contributed by atoms with van der Waals surface area (Å²) in [7, 11) is 1.78. The number of amides is 1. The number of rotatable bonds is 2. The highest BCUT2D eigenvalue weighted by Gasteiger charge is 2.10. The number of carbonyl (C=O) groups is 1. The molecule has 2 rings (SSSR count). The summed E-state index contributed by atoms with van der Waals surface area (Å²) < 4.78 is 2.67. The molecule has 0 radical (unpaired) electrons. The Morgan fingerprint density at radius 1 is 1.33 bits per heavy atom. The molecular formula is C13H14BrN3O. The van der Waals surface area contributed by atoms with Crippen molar-refractivity contribution in [2.75, 3.05) is 5.32 Å². The molecule has 0 aliphatic heterocycles. The van der Waals surface area contributed by atoms with E-state index in [2.05, 4.69) is 26.3 Å². The molecule has 1 aromatic heterocycles. The number of nitrogens with zero attached hydrogens (tertiary/aromatic N) is 2. The maximum absolute atomic E-state index is 11.9. The van der Waals surface area contributed by atoms with Crippen LogP contribution in [0.3, 0.4) is 0 Å². The molecule has 18 heavy (non-hydrogen) atoms. The summed E-state index contributed by atoms with van der Waals surface area (Å²) >= 11 is 3.50. The van der Waals surface area contributed by atoms with Gasteiger partial charge in [-0.15, -0.1) is 0 Å². The first kappa shape index (κ1) is 12.8. The van der Waals surface area contributed by atoms with E-state index in [4.69, 9.17) is 0 Å². The van der Waals surface area contributed by atoms with Crippen LogP contribution in [0.2, 0.25) is 0 Å². The number of benzene rings is 1. The Hall–Kier alpha value is -1.62. The Labute approximate surface area is 114 Å². The average Bonchev–Trinajstić information content (AvgIpc) is 2.72. The van der Waals surface area contributed by atoms with Crippen LogP contribution in [0.15, 0.2) is 28.9 Å². The first-order chi connectivity index (χ1) is 8.47. The lowest BCUT2D eigenvalue weighted by molar-refractivity contribution is 0.102. The van der Waals surface area contributed by atoms with Crippen molar-refractivity contribution >= 4 is 27.5 Å². The van der Waals surface area contributed by atoms with Crippen molar-refractivity contribution in [3.63, 3.8) is 0 Å². The van der Waals surface area contributed by atoms with Gasteiger partial charge in [-0.05, 0) is 43.2 Å². The quantitative estimate of drug-likeness (QED) is 0.927. The van der Waals surface area contributed by atoms with Gasteiger partial charge in [-0.2, -0.15) is 5.10 Å². The maximum Gasteiger partial charge on any atom is 0.276 e. The molecule has 0 bridgehead atoms. The Kier molecular flexibility index (Phi) is 3.52. The van der Waals surface area contributed by atoms with Crippen molar-refractivity contribution in [1.82, 2.24) is 9.78 Å². The van der Waals surface area contributed by atoms with Gasteiger partial charge in [0, 0.05) is 23.4 Å². The van der Waals surface area contributed by atoms with Gasteiger partial charge in [0.15, 0.2) is 5.69 Å². The third kappa shape index (κ3) is 2.61. The van der Waals surface area contributed by atoms with Crippen LogP contribution < -0.4 is 5.32 Å². The molecule has 0 unspecified atom stereocenters. The Morgan fingerprint density at radius 3 is 2.44 bits per heavy atom. The normalized spacial score (nSPS) is 10.4. The summed E-state index contributed by atoms with van der Waals surface area (Å²) in [5.74, 6) is -0.197. The Bertz CT molecular complexity index is 581. The first-order valence-electron chi connectivity index (χ1n) is 5.55. The van der Waals surface area contributed by atoms with Gasteiger partial charge >= 0.3 is 0 Å². The fraction of sp³-hybridized carbons (Fsp3) is 0.231. The lowest BCUT2D eigenvalue weighted by atomic mass is 10.1. The number of hydrogen-bond acceptors (Lipinski definition) is 2. The van der Waals surface area contributed by atoms with E-state index in [1.807, 2.05) is 26.0 Å². The van der Waals surface area contributed by atoms with Gasteiger partial charge < -0.3 is 5.32 Å². The molecule has 0 saturated carbocycles. The van der Waals surface area contributed by atoms with Gasteiger partial charge in [0.25, 0.3) is 5.91 Å². The van der Waals surface area contributed by atoms with Gasteiger partial charge in [-0.1, -0.05) is 15.9 Å². The predicted octanol–water partition coefficient (Wildman–Crippen LogP) is 3.05. The highest BCUT2D eigenvalue weighted by molar-refractivity contribution is 9.10. The van der Waals surface area contributed by atoms with Gasteiger partial charge in [-0.25, -0.2) is 0 Å². The molecule has 1 heterocycles. The third-order valence-electron chi connectivity index (χ3n) is 2.64. The van der Waals surface area contributed by atoms with Crippen molar-refractivity contribution in [2.24, 2.45) is 7.05 Å². The number of hydrogen-bond donors (Lipinski definition) is 1. The standard InChI is InChI=1S/C13H14BrN3O/c1-8-6-10(7-9(2)12(8)14)15-13(18)11-4-5-17(3)16-11/h4-7H,1-3H3,(H,15,18). The molecule has 0 saturated heterocycles. The molecule has 0 aliphatic carbocycles. The molecule has 2 aromatic rings. The van der Waals surface area contributed by atoms with E-state index < -0.39 is 0 Å². The zero-order valence-electron chi connectivity index (χ0n) is 10.5. The minimum Gasteiger partial charge on any atom is -0.321 e. The fourth-order valence-corrected chi connectivity index (χ4v) is 1.98. The molecule has 1 aromatic carbocycles. The van der Waals surface area contributed by atoms with Crippen molar-refractivity contribution in [3.05, 3.63) is 45.7 Å². The molecular weight excluding hydrogens is 294 g/mol. The molecule has 0 aliphatic rings. The van der Waals surface area contributed by atoms with E-state index in [1.165, 1.54) is 0 Å². The smallest absolute Gasteiger partial charge is 0.276 e. The minimum absolute atomic E-state index is 0.197. The number of anilines is 1. The summed E-state index contributed by atoms with van der Waals surface area (Å²) in [6.45, 7) is 3.99. The number of halogens is 1. The lowest BCUT2D eigenvalue weighted by Crippen LogP contribution is -2.13. The highest BCUT2D eigenvalue weighted by atomic mass is 79.9. The number of aromatic nitrogens is 2. The highest BCUT2D eigenvalue weighted by Crippen LogP contribution is 2.25. The van der Waals surface area contributed by atoms with Crippen LogP contribution in [0.4, 0.5) is 5.69 Å². The zero-order valence-corrected chi connectivity index (χ0v) is 12.1. The summed E-state index contributed by atoms with van der Waals surface area (Å²) in [6, 6.07) is 5.55. The molecule has 0 atom stereocenters. The van der Waals surface area contributed by atoms with Crippen molar-refractivity contribution in [1.29, 1.82) is 0 Å². The maximum atomic E-state index is 11.9. The summed E-state index contributed by atoms with van der Waals surface area (Å²) in [6.07, 6.45) is 1.74. The van der Waals surface area contributed by atoms with Crippen LogP contribution in [0.25, 0.3) is 0 Å². The zero-order chi connectivity index (χ0) is 13.3. The van der Waals surface area contributed by atoms with Gasteiger partial charge in [-0.3, -0.25) is 9.48 Å². The third-order valence-corrected chi connectivity index (χ3v) is 3.89. The lowest BCUT2D eigenvalue weighted by Gasteiger charge is -2.08. The van der Waals surface area contributed by atoms with E-state index in [-0.39, 0.29) is 5.91 Å².